The number of hydrogen-bond donors (Lipinski definition) is 1. The van der Waals surface area contributed by atoms with E-state index in [1.165, 1.54) is 0 Å². The fraction of sp³-hybridized carbons (Fsp3) is 0.333. The number of methoxy groups -OCH3 is 1. The van der Waals surface area contributed by atoms with Crippen LogP contribution >= 0.6 is 15.9 Å². The summed E-state index contributed by atoms with van der Waals surface area (Å²) in [6.45, 7) is 3.48. The third-order valence-electron chi connectivity index (χ3n) is 2.74. The Morgan fingerprint density at radius 1 is 1.25 bits per heavy atom. The fourth-order valence-electron chi connectivity index (χ4n) is 1.83. The summed E-state index contributed by atoms with van der Waals surface area (Å²) in [5.41, 5.74) is 1.84. The minimum absolute atomic E-state index is 0.473. The molecule has 0 aliphatic carbocycles. The van der Waals surface area contributed by atoms with Gasteiger partial charge in [0.1, 0.15) is 5.82 Å². The van der Waals surface area contributed by atoms with Crippen molar-refractivity contribution in [3.8, 4) is 11.4 Å². The molecule has 2 rings (SSSR count). The lowest BCUT2D eigenvalue weighted by Gasteiger charge is -2.10. The van der Waals surface area contributed by atoms with Crippen molar-refractivity contribution in [1.82, 2.24) is 9.97 Å². The first-order valence-corrected chi connectivity index (χ1v) is 7.39. The van der Waals surface area contributed by atoms with E-state index in [0.717, 1.165) is 34.5 Å². The standard InChI is InChI=1S/C15H18BrN3O/c1-3-8-17-14-9-11(10-20-2)18-15(19-14)12-6-4-5-7-13(12)16/h4-7,9H,3,8,10H2,1-2H3,(H,17,18,19). The average Bonchev–Trinajstić information content (AvgIpc) is 2.46. The van der Waals surface area contributed by atoms with E-state index in [9.17, 15) is 0 Å². The molecular formula is C15H18BrN3O. The number of nitrogens with one attached hydrogen (secondary N) is 1. The Hall–Kier alpha value is -1.46. The van der Waals surface area contributed by atoms with E-state index in [2.05, 4.69) is 38.1 Å². The number of nitrogens with zero attached hydrogens (tertiary/aromatic N) is 2. The Morgan fingerprint density at radius 3 is 2.75 bits per heavy atom. The molecule has 0 radical (unpaired) electrons. The molecule has 0 aliphatic rings. The maximum atomic E-state index is 5.18. The van der Waals surface area contributed by atoms with Crippen molar-refractivity contribution in [3.63, 3.8) is 0 Å². The van der Waals surface area contributed by atoms with Crippen LogP contribution in [0, 0.1) is 0 Å². The Morgan fingerprint density at radius 2 is 2.05 bits per heavy atom. The highest BCUT2D eigenvalue weighted by Gasteiger charge is 2.09. The van der Waals surface area contributed by atoms with Gasteiger partial charge in [0.25, 0.3) is 0 Å². The van der Waals surface area contributed by atoms with Crippen LogP contribution in [0.3, 0.4) is 0 Å². The van der Waals surface area contributed by atoms with Crippen LogP contribution in [0.5, 0.6) is 0 Å². The molecule has 106 valence electrons. The van der Waals surface area contributed by atoms with Gasteiger partial charge in [-0.2, -0.15) is 0 Å². The molecule has 0 aliphatic heterocycles. The molecule has 5 heteroatoms. The molecule has 4 nitrogen and oxygen atoms in total. The predicted molar refractivity (Wildman–Crippen MR) is 84.7 cm³/mol. The quantitative estimate of drug-likeness (QED) is 0.870. The van der Waals surface area contributed by atoms with Crippen LogP contribution in [-0.4, -0.2) is 23.6 Å². The highest BCUT2D eigenvalue weighted by Crippen LogP contribution is 2.26. The minimum atomic E-state index is 0.473. The summed E-state index contributed by atoms with van der Waals surface area (Å²) >= 11 is 3.54. The van der Waals surface area contributed by atoms with Crippen LogP contribution in [0.25, 0.3) is 11.4 Å². The van der Waals surface area contributed by atoms with Crippen molar-refractivity contribution in [1.29, 1.82) is 0 Å². The summed E-state index contributed by atoms with van der Waals surface area (Å²) in [5.74, 6) is 1.53. The minimum Gasteiger partial charge on any atom is -0.378 e. The van der Waals surface area contributed by atoms with Crippen LogP contribution in [-0.2, 0) is 11.3 Å². The molecule has 0 saturated carbocycles. The van der Waals surface area contributed by atoms with Gasteiger partial charge in [0.05, 0.1) is 12.3 Å². The highest BCUT2D eigenvalue weighted by atomic mass is 79.9. The van der Waals surface area contributed by atoms with E-state index in [4.69, 9.17) is 4.74 Å². The Labute approximate surface area is 127 Å². The molecule has 0 amide bonds. The van der Waals surface area contributed by atoms with Gasteiger partial charge in [-0.25, -0.2) is 9.97 Å². The number of hydrogen-bond acceptors (Lipinski definition) is 4. The van der Waals surface area contributed by atoms with Crippen LogP contribution in [0.2, 0.25) is 0 Å². The lowest BCUT2D eigenvalue weighted by Crippen LogP contribution is -2.06. The molecule has 2 aromatic rings. The SMILES string of the molecule is CCCNc1cc(COC)nc(-c2ccccc2Br)n1. The third kappa shape index (κ3) is 3.77. The van der Waals surface area contributed by atoms with E-state index in [1.807, 2.05) is 30.3 Å². The fourth-order valence-corrected chi connectivity index (χ4v) is 2.29. The van der Waals surface area contributed by atoms with E-state index in [0.29, 0.717) is 12.4 Å². The molecule has 20 heavy (non-hydrogen) atoms. The molecule has 1 N–H and O–H groups in total. The number of benzene rings is 1. The van der Waals surface area contributed by atoms with Crippen LogP contribution in [0.1, 0.15) is 19.0 Å². The Bertz CT molecular complexity index is 575. The molecule has 1 heterocycles. The zero-order valence-electron chi connectivity index (χ0n) is 11.7. The number of anilines is 1. The van der Waals surface area contributed by atoms with E-state index >= 15 is 0 Å². The monoisotopic (exact) mass is 335 g/mol. The van der Waals surface area contributed by atoms with Crippen LogP contribution < -0.4 is 5.32 Å². The van der Waals surface area contributed by atoms with Gasteiger partial charge in [-0.15, -0.1) is 0 Å². The van der Waals surface area contributed by atoms with Gasteiger partial charge in [0.2, 0.25) is 0 Å². The van der Waals surface area contributed by atoms with E-state index < -0.39 is 0 Å². The van der Waals surface area contributed by atoms with Crippen molar-refractivity contribution in [3.05, 3.63) is 40.5 Å². The largest absolute Gasteiger partial charge is 0.378 e. The van der Waals surface area contributed by atoms with Crippen molar-refractivity contribution in [2.75, 3.05) is 19.0 Å². The second-order valence-electron chi connectivity index (χ2n) is 4.41. The number of aromatic nitrogens is 2. The normalized spacial score (nSPS) is 10.6. The molecule has 0 bridgehead atoms. The molecular weight excluding hydrogens is 318 g/mol. The van der Waals surface area contributed by atoms with Gasteiger partial charge in [-0.3, -0.25) is 0 Å². The smallest absolute Gasteiger partial charge is 0.162 e. The zero-order valence-corrected chi connectivity index (χ0v) is 13.3. The summed E-state index contributed by atoms with van der Waals surface area (Å²) in [7, 11) is 1.67. The van der Waals surface area contributed by atoms with Gasteiger partial charge >= 0.3 is 0 Å². The average molecular weight is 336 g/mol. The first-order valence-electron chi connectivity index (χ1n) is 6.60. The Balaban J connectivity index is 2.40. The van der Waals surface area contributed by atoms with Gasteiger partial charge in [0.15, 0.2) is 5.82 Å². The molecule has 0 unspecified atom stereocenters. The van der Waals surface area contributed by atoms with Crippen LogP contribution in [0.15, 0.2) is 34.8 Å². The Kier molecular flexibility index (Phi) is 5.49. The van der Waals surface area contributed by atoms with Crippen molar-refractivity contribution in [2.45, 2.75) is 20.0 Å². The molecule has 0 spiro atoms. The van der Waals surface area contributed by atoms with E-state index in [-0.39, 0.29) is 0 Å². The van der Waals surface area contributed by atoms with Gasteiger partial charge in [-0.1, -0.05) is 41.1 Å². The predicted octanol–water partition coefficient (Wildman–Crippen LogP) is 3.87. The number of ether oxygens (including phenoxy) is 1. The maximum Gasteiger partial charge on any atom is 0.162 e. The van der Waals surface area contributed by atoms with Gasteiger partial charge < -0.3 is 10.1 Å². The molecule has 1 aromatic carbocycles. The lowest BCUT2D eigenvalue weighted by molar-refractivity contribution is 0.181. The van der Waals surface area contributed by atoms with Crippen molar-refractivity contribution >= 4 is 21.7 Å². The summed E-state index contributed by atoms with van der Waals surface area (Å²) < 4.78 is 6.16. The number of halogens is 1. The van der Waals surface area contributed by atoms with E-state index in [1.54, 1.807) is 7.11 Å². The second kappa shape index (κ2) is 7.36. The topological polar surface area (TPSA) is 47.0 Å². The summed E-state index contributed by atoms with van der Waals surface area (Å²) in [5, 5.41) is 3.30. The summed E-state index contributed by atoms with van der Waals surface area (Å²) in [6, 6.07) is 9.87. The summed E-state index contributed by atoms with van der Waals surface area (Å²) in [6.07, 6.45) is 1.05. The first kappa shape index (κ1) is 14.9. The zero-order chi connectivity index (χ0) is 14.4. The van der Waals surface area contributed by atoms with Gasteiger partial charge in [0, 0.05) is 29.8 Å². The van der Waals surface area contributed by atoms with Crippen molar-refractivity contribution in [2.24, 2.45) is 0 Å². The highest BCUT2D eigenvalue weighted by molar-refractivity contribution is 9.10. The summed E-state index contributed by atoms with van der Waals surface area (Å²) in [4.78, 5) is 9.13. The molecule has 0 atom stereocenters. The third-order valence-corrected chi connectivity index (χ3v) is 3.43. The molecule has 0 saturated heterocycles. The van der Waals surface area contributed by atoms with Gasteiger partial charge in [-0.05, 0) is 12.5 Å². The number of rotatable bonds is 6. The maximum absolute atomic E-state index is 5.18. The van der Waals surface area contributed by atoms with Crippen molar-refractivity contribution < 1.29 is 4.74 Å². The molecule has 0 fully saturated rings. The first-order chi connectivity index (χ1) is 9.74. The van der Waals surface area contributed by atoms with Crippen LogP contribution in [0.4, 0.5) is 5.82 Å². The lowest BCUT2D eigenvalue weighted by atomic mass is 10.2. The second-order valence-corrected chi connectivity index (χ2v) is 5.26. The molecule has 1 aromatic heterocycles.